The molecule has 1 aliphatic heterocycles. The molecule has 0 saturated heterocycles. The average Bonchev–Trinajstić information content (AvgIpc) is 3.11. The van der Waals surface area contributed by atoms with Gasteiger partial charge in [-0.1, -0.05) is 48.5 Å². The van der Waals surface area contributed by atoms with Crippen molar-refractivity contribution in [3.63, 3.8) is 0 Å². The summed E-state index contributed by atoms with van der Waals surface area (Å²) in [5.41, 5.74) is 2.43. The Morgan fingerprint density at radius 2 is 1.47 bits per heavy atom. The molecule has 0 saturated carbocycles. The molecular formula is C26H24N2O7S. The van der Waals surface area contributed by atoms with Crippen LogP contribution in [0.5, 0.6) is 5.75 Å². The molecule has 1 unspecified atom stereocenters. The molecule has 186 valence electrons. The highest BCUT2D eigenvalue weighted by Gasteiger charge is 2.36. The highest BCUT2D eigenvalue weighted by atomic mass is 32.2. The summed E-state index contributed by atoms with van der Waals surface area (Å²) in [6.07, 6.45) is -0.278. The van der Waals surface area contributed by atoms with E-state index in [1.54, 1.807) is 67.8 Å². The zero-order chi connectivity index (χ0) is 25.9. The first-order valence-corrected chi connectivity index (χ1v) is 12.8. The van der Waals surface area contributed by atoms with E-state index >= 15 is 0 Å². The molecule has 0 bridgehead atoms. The third kappa shape index (κ3) is 5.29. The summed E-state index contributed by atoms with van der Waals surface area (Å²) in [5.74, 6) is -2.26. The smallest absolute Gasteiger partial charge is 0.321 e. The van der Waals surface area contributed by atoms with Gasteiger partial charge >= 0.3 is 5.97 Å². The second-order valence-electron chi connectivity index (χ2n) is 8.25. The summed E-state index contributed by atoms with van der Waals surface area (Å²) in [6.45, 7) is -0.242. The van der Waals surface area contributed by atoms with Gasteiger partial charge in [0.1, 0.15) is 11.8 Å². The van der Waals surface area contributed by atoms with E-state index in [9.17, 15) is 27.9 Å². The number of fused-ring (bicyclic) bond motifs is 1. The standard InChI is InChI=1S/C26H24N2O7S/c1-35-19-12-10-17(11-13-19)20-7-3-2-6-18(20)16-36(33,34)27-23(26(31)32)14-15-28-24(29)21-8-4-5-9-22(21)25(28)30/h2-13,23,27H,14-16H2,1H3,(H,31,32). The first-order chi connectivity index (χ1) is 17.2. The number of nitrogens with one attached hydrogen (secondary N) is 1. The largest absolute Gasteiger partial charge is 0.497 e. The Kier molecular flexibility index (Phi) is 7.18. The number of hydrogen-bond acceptors (Lipinski definition) is 6. The average molecular weight is 509 g/mol. The van der Waals surface area contributed by atoms with Crippen molar-refractivity contribution in [3.8, 4) is 16.9 Å². The van der Waals surface area contributed by atoms with Crippen molar-refractivity contribution >= 4 is 27.8 Å². The van der Waals surface area contributed by atoms with Crippen molar-refractivity contribution in [2.75, 3.05) is 13.7 Å². The van der Waals surface area contributed by atoms with Gasteiger partial charge in [-0.15, -0.1) is 0 Å². The normalized spacial score (nSPS) is 14.0. The second kappa shape index (κ2) is 10.3. The zero-order valence-electron chi connectivity index (χ0n) is 19.4. The minimum absolute atomic E-state index is 0.241. The van der Waals surface area contributed by atoms with Gasteiger partial charge in [0.25, 0.3) is 11.8 Å². The van der Waals surface area contributed by atoms with Gasteiger partial charge in [0.15, 0.2) is 0 Å². The molecule has 3 aromatic carbocycles. The first-order valence-electron chi connectivity index (χ1n) is 11.1. The lowest BCUT2D eigenvalue weighted by molar-refractivity contribution is -0.139. The van der Waals surface area contributed by atoms with Crippen LogP contribution in [0.15, 0.2) is 72.8 Å². The van der Waals surface area contributed by atoms with Gasteiger partial charge in [0, 0.05) is 6.54 Å². The Morgan fingerprint density at radius 3 is 2.03 bits per heavy atom. The van der Waals surface area contributed by atoms with Crippen molar-refractivity contribution in [2.45, 2.75) is 18.2 Å². The number of aliphatic carboxylic acids is 1. The minimum Gasteiger partial charge on any atom is -0.497 e. The number of carbonyl (C=O) groups excluding carboxylic acids is 2. The third-order valence-corrected chi connectivity index (χ3v) is 7.24. The Morgan fingerprint density at radius 1 is 0.917 bits per heavy atom. The van der Waals surface area contributed by atoms with Crippen LogP contribution in [0, 0.1) is 0 Å². The molecule has 0 aromatic heterocycles. The maximum absolute atomic E-state index is 13.0. The van der Waals surface area contributed by atoms with Crippen LogP contribution in [0.25, 0.3) is 11.1 Å². The molecule has 2 amide bonds. The number of sulfonamides is 1. The number of amides is 2. The molecule has 0 spiro atoms. The van der Waals surface area contributed by atoms with Gasteiger partial charge in [0.2, 0.25) is 10.0 Å². The van der Waals surface area contributed by atoms with E-state index < -0.39 is 39.6 Å². The Balaban J connectivity index is 1.47. The molecule has 3 aromatic rings. The number of rotatable bonds is 10. The fourth-order valence-electron chi connectivity index (χ4n) is 4.09. The summed E-state index contributed by atoms with van der Waals surface area (Å²) >= 11 is 0. The molecule has 0 fully saturated rings. The van der Waals surface area contributed by atoms with Gasteiger partial charge in [0.05, 0.1) is 24.0 Å². The van der Waals surface area contributed by atoms with Crippen LogP contribution >= 0.6 is 0 Å². The molecule has 1 aliphatic rings. The van der Waals surface area contributed by atoms with Crippen LogP contribution in [-0.4, -0.2) is 55.9 Å². The van der Waals surface area contributed by atoms with E-state index in [0.717, 1.165) is 10.5 Å². The van der Waals surface area contributed by atoms with Crippen LogP contribution < -0.4 is 9.46 Å². The van der Waals surface area contributed by atoms with E-state index in [1.807, 2.05) is 0 Å². The third-order valence-electron chi connectivity index (χ3n) is 5.90. The second-order valence-corrected chi connectivity index (χ2v) is 10.0. The van der Waals surface area contributed by atoms with E-state index in [4.69, 9.17) is 4.74 Å². The molecule has 4 rings (SSSR count). The number of carboxylic acid groups (broad SMARTS) is 1. The molecule has 36 heavy (non-hydrogen) atoms. The molecule has 0 radical (unpaired) electrons. The van der Waals surface area contributed by atoms with Gasteiger partial charge in [-0.3, -0.25) is 19.3 Å². The lowest BCUT2D eigenvalue weighted by Gasteiger charge is -2.19. The van der Waals surface area contributed by atoms with Crippen molar-refractivity contribution in [1.82, 2.24) is 9.62 Å². The van der Waals surface area contributed by atoms with Crippen molar-refractivity contribution < 1.29 is 32.6 Å². The summed E-state index contributed by atoms with van der Waals surface area (Å²) in [4.78, 5) is 37.9. The van der Waals surface area contributed by atoms with Crippen LogP contribution in [-0.2, 0) is 20.6 Å². The number of hydrogen-bond donors (Lipinski definition) is 2. The molecule has 9 nitrogen and oxygen atoms in total. The fraction of sp³-hybridized carbons (Fsp3) is 0.192. The molecule has 1 atom stereocenters. The highest BCUT2D eigenvalue weighted by molar-refractivity contribution is 7.88. The van der Waals surface area contributed by atoms with E-state index in [-0.39, 0.29) is 24.1 Å². The summed E-state index contributed by atoms with van der Waals surface area (Å²) < 4.78 is 33.3. The van der Waals surface area contributed by atoms with E-state index in [1.165, 1.54) is 12.1 Å². The maximum atomic E-state index is 13.0. The highest BCUT2D eigenvalue weighted by Crippen LogP contribution is 2.27. The Hall–Kier alpha value is -4.02. The van der Waals surface area contributed by atoms with Crippen molar-refractivity contribution in [2.24, 2.45) is 0 Å². The number of methoxy groups -OCH3 is 1. The quantitative estimate of drug-likeness (QED) is 0.403. The number of nitrogens with zero attached hydrogens (tertiary/aromatic N) is 1. The Labute approximate surface area is 208 Å². The SMILES string of the molecule is COc1ccc(-c2ccccc2CS(=O)(=O)NC(CCN2C(=O)c3ccccc3C2=O)C(=O)O)cc1. The number of carbonyl (C=O) groups is 3. The van der Waals surface area contributed by atoms with Crippen molar-refractivity contribution in [1.29, 1.82) is 0 Å². The van der Waals surface area contributed by atoms with Crippen LogP contribution in [0.2, 0.25) is 0 Å². The number of ether oxygens (including phenoxy) is 1. The Bertz CT molecular complexity index is 1380. The fourth-order valence-corrected chi connectivity index (χ4v) is 5.49. The topological polar surface area (TPSA) is 130 Å². The molecule has 10 heteroatoms. The molecule has 1 heterocycles. The van der Waals surface area contributed by atoms with Gasteiger partial charge in [-0.05, 0) is 47.4 Å². The molecular weight excluding hydrogens is 484 g/mol. The number of benzene rings is 3. The first kappa shape index (κ1) is 25.1. The predicted octanol–water partition coefficient (Wildman–Crippen LogP) is 2.92. The predicted molar refractivity (Wildman–Crippen MR) is 132 cm³/mol. The summed E-state index contributed by atoms with van der Waals surface area (Å²) in [5, 5.41) is 9.64. The van der Waals surface area contributed by atoms with E-state index in [0.29, 0.717) is 16.9 Å². The van der Waals surface area contributed by atoms with E-state index in [2.05, 4.69) is 4.72 Å². The van der Waals surface area contributed by atoms with Crippen LogP contribution in [0.4, 0.5) is 0 Å². The minimum atomic E-state index is -4.09. The summed E-state index contributed by atoms with van der Waals surface area (Å²) in [6, 6.07) is 18.8. The summed E-state index contributed by atoms with van der Waals surface area (Å²) in [7, 11) is -2.54. The van der Waals surface area contributed by atoms with Crippen LogP contribution in [0.3, 0.4) is 0 Å². The maximum Gasteiger partial charge on any atom is 0.321 e. The molecule has 2 N–H and O–H groups in total. The monoisotopic (exact) mass is 508 g/mol. The zero-order valence-corrected chi connectivity index (χ0v) is 20.2. The van der Waals surface area contributed by atoms with Gasteiger partial charge in [-0.2, -0.15) is 0 Å². The number of carboxylic acids is 1. The lowest BCUT2D eigenvalue weighted by atomic mass is 10.0. The van der Waals surface area contributed by atoms with Crippen molar-refractivity contribution in [3.05, 3.63) is 89.5 Å². The van der Waals surface area contributed by atoms with Gasteiger partial charge < -0.3 is 9.84 Å². The molecule has 0 aliphatic carbocycles. The lowest BCUT2D eigenvalue weighted by Crippen LogP contribution is -2.44. The van der Waals surface area contributed by atoms with Crippen LogP contribution in [0.1, 0.15) is 32.7 Å². The number of imide groups is 1. The van der Waals surface area contributed by atoms with Gasteiger partial charge in [-0.25, -0.2) is 13.1 Å².